The summed E-state index contributed by atoms with van der Waals surface area (Å²) in [6.07, 6.45) is 7.38. The second kappa shape index (κ2) is 9.74. The number of benzene rings is 1. The highest BCUT2D eigenvalue weighted by Crippen LogP contribution is 2.45. The molecule has 3 amide bonds. The number of aromatic nitrogens is 2. The Hall–Kier alpha value is -2.71. The zero-order valence-corrected chi connectivity index (χ0v) is 20.9. The third-order valence-electron chi connectivity index (χ3n) is 7.89. The summed E-state index contributed by atoms with van der Waals surface area (Å²) in [5.74, 6) is 0.444. The number of likely N-dealkylation sites (tertiary alicyclic amines) is 1. The van der Waals surface area contributed by atoms with Crippen molar-refractivity contribution in [3.63, 3.8) is 0 Å². The standard InChI is InChI=1S/C26H32ClN5O3/c1-29-11-10-28-22(29)18-30-12-14-31(15-13-30)23(33)16-26(20-8-4-5-9-21(20)27)17-24(34)32(25(26)35)19-6-2-3-7-19/h4-5,8-11,19H,2-3,6-7,12-18H2,1H3/t26-/m1/s1. The van der Waals surface area contributed by atoms with E-state index in [0.29, 0.717) is 23.7 Å². The number of halogens is 1. The molecule has 1 aliphatic carbocycles. The monoisotopic (exact) mass is 497 g/mol. The molecule has 0 spiro atoms. The highest BCUT2D eigenvalue weighted by molar-refractivity contribution is 6.32. The van der Waals surface area contributed by atoms with Gasteiger partial charge in [0.15, 0.2) is 0 Å². The lowest BCUT2D eigenvalue weighted by atomic mass is 9.75. The van der Waals surface area contributed by atoms with Crippen LogP contribution in [0.25, 0.3) is 0 Å². The molecule has 0 unspecified atom stereocenters. The van der Waals surface area contributed by atoms with Gasteiger partial charge < -0.3 is 9.47 Å². The van der Waals surface area contributed by atoms with Gasteiger partial charge in [0.05, 0.1) is 12.0 Å². The number of imidazole rings is 1. The minimum Gasteiger partial charge on any atom is -0.340 e. The lowest BCUT2D eigenvalue weighted by Gasteiger charge is -2.37. The molecule has 1 aromatic carbocycles. The highest BCUT2D eigenvalue weighted by atomic mass is 35.5. The van der Waals surface area contributed by atoms with Crippen LogP contribution in [0.4, 0.5) is 0 Å². The molecule has 186 valence electrons. The second-order valence-electron chi connectivity index (χ2n) is 10.0. The van der Waals surface area contributed by atoms with Crippen molar-refractivity contribution >= 4 is 29.3 Å². The van der Waals surface area contributed by atoms with Crippen LogP contribution in [-0.4, -0.2) is 74.2 Å². The number of hydrogen-bond acceptors (Lipinski definition) is 5. The number of nitrogens with zero attached hydrogens (tertiary/aromatic N) is 5. The Morgan fingerprint density at radius 1 is 1.11 bits per heavy atom. The van der Waals surface area contributed by atoms with Crippen LogP contribution in [0.5, 0.6) is 0 Å². The molecular formula is C26H32ClN5O3. The maximum atomic E-state index is 13.9. The van der Waals surface area contributed by atoms with Crippen LogP contribution in [0.15, 0.2) is 36.7 Å². The van der Waals surface area contributed by atoms with Crippen molar-refractivity contribution in [3.05, 3.63) is 53.1 Å². The van der Waals surface area contributed by atoms with E-state index in [4.69, 9.17) is 11.6 Å². The van der Waals surface area contributed by atoms with Gasteiger partial charge in [-0.05, 0) is 24.5 Å². The first-order valence-electron chi connectivity index (χ1n) is 12.5. The number of amides is 3. The van der Waals surface area contributed by atoms with Crippen LogP contribution in [0.1, 0.15) is 49.9 Å². The molecule has 3 fully saturated rings. The van der Waals surface area contributed by atoms with Gasteiger partial charge in [0.1, 0.15) is 5.82 Å². The van der Waals surface area contributed by atoms with Crippen molar-refractivity contribution in [2.45, 2.75) is 56.5 Å². The number of imide groups is 1. The third-order valence-corrected chi connectivity index (χ3v) is 8.22. The van der Waals surface area contributed by atoms with Gasteiger partial charge in [-0.15, -0.1) is 0 Å². The van der Waals surface area contributed by atoms with E-state index in [1.54, 1.807) is 24.4 Å². The molecule has 0 N–H and O–H groups in total. The van der Waals surface area contributed by atoms with Gasteiger partial charge in [-0.1, -0.05) is 42.6 Å². The summed E-state index contributed by atoms with van der Waals surface area (Å²) >= 11 is 6.56. The molecule has 1 aromatic heterocycles. The lowest BCUT2D eigenvalue weighted by Crippen LogP contribution is -2.51. The topological polar surface area (TPSA) is 78.8 Å². The molecule has 35 heavy (non-hydrogen) atoms. The number of aryl methyl sites for hydroxylation is 1. The van der Waals surface area contributed by atoms with Gasteiger partial charge >= 0.3 is 0 Å². The second-order valence-corrected chi connectivity index (χ2v) is 10.4. The van der Waals surface area contributed by atoms with Crippen LogP contribution in [-0.2, 0) is 33.4 Å². The zero-order chi connectivity index (χ0) is 24.6. The average molecular weight is 498 g/mol. The molecule has 1 atom stereocenters. The number of rotatable bonds is 6. The van der Waals surface area contributed by atoms with E-state index in [0.717, 1.165) is 51.1 Å². The Morgan fingerprint density at radius 3 is 2.49 bits per heavy atom. The van der Waals surface area contributed by atoms with Crippen molar-refractivity contribution in [2.24, 2.45) is 7.05 Å². The quantitative estimate of drug-likeness (QED) is 0.573. The van der Waals surface area contributed by atoms with E-state index in [1.165, 1.54) is 4.90 Å². The number of piperazine rings is 1. The number of carbonyl (C=O) groups is 3. The van der Waals surface area contributed by atoms with Crippen LogP contribution in [0.2, 0.25) is 5.02 Å². The summed E-state index contributed by atoms with van der Waals surface area (Å²) < 4.78 is 2.00. The Bertz CT molecular complexity index is 1120. The van der Waals surface area contributed by atoms with E-state index in [2.05, 4.69) is 9.88 Å². The van der Waals surface area contributed by atoms with Crippen LogP contribution < -0.4 is 0 Å². The predicted molar refractivity (Wildman–Crippen MR) is 132 cm³/mol. The van der Waals surface area contributed by atoms with Crippen molar-refractivity contribution in [1.82, 2.24) is 24.3 Å². The number of carbonyl (C=O) groups excluding carboxylic acids is 3. The Balaban J connectivity index is 1.34. The maximum Gasteiger partial charge on any atom is 0.241 e. The molecule has 5 rings (SSSR count). The molecule has 8 nitrogen and oxygen atoms in total. The summed E-state index contributed by atoms with van der Waals surface area (Å²) in [4.78, 5) is 50.6. The summed E-state index contributed by atoms with van der Waals surface area (Å²) in [6, 6.07) is 7.08. The van der Waals surface area contributed by atoms with Crippen LogP contribution in [0, 0.1) is 0 Å². The van der Waals surface area contributed by atoms with Crippen molar-refractivity contribution in [2.75, 3.05) is 26.2 Å². The maximum absolute atomic E-state index is 13.9. The van der Waals surface area contributed by atoms with Gasteiger partial charge in [0.2, 0.25) is 17.7 Å². The summed E-state index contributed by atoms with van der Waals surface area (Å²) in [7, 11) is 1.98. The Morgan fingerprint density at radius 2 is 1.83 bits per heavy atom. The fraction of sp³-hybridized carbons (Fsp3) is 0.538. The van der Waals surface area contributed by atoms with E-state index < -0.39 is 5.41 Å². The fourth-order valence-electron chi connectivity index (χ4n) is 5.86. The van der Waals surface area contributed by atoms with Crippen LogP contribution >= 0.6 is 11.6 Å². The predicted octanol–water partition coefficient (Wildman–Crippen LogP) is 2.75. The zero-order valence-electron chi connectivity index (χ0n) is 20.2. The smallest absolute Gasteiger partial charge is 0.241 e. The molecular weight excluding hydrogens is 466 g/mol. The normalized spacial score (nSPS) is 24.1. The lowest BCUT2D eigenvalue weighted by molar-refractivity contribution is -0.145. The van der Waals surface area contributed by atoms with E-state index in [9.17, 15) is 14.4 Å². The molecule has 3 heterocycles. The number of hydrogen-bond donors (Lipinski definition) is 0. The summed E-state index contributed by atoms with van der Waals surface area (Å²) in [5.41, 5.74) is -0.651. The minimum atomic E-state index is -1.24. The Labute approximate surface area is 210 Å². The highest BCUT2D eigenvalue weighted by Gasteiger charge is 2.56. The van der Waals surface area contributed by atoms with Crippen molar-refractivity contribution in [1.29, 1.82) is 0 Å². The molecule has 2 aromatic rings. The largest absolute Gasteiger partial charge is 0.340 e. The first-order valence-corrected chi connectivity index (χ1v) is 12.8. The molecule has 3 aliphatic rings. The van der Waals surface area contributed by atoms with E-state index in [1.807, 2.05) is 28.8 Å². The van der Waals surface area contributed by atoms with E-state index in [-0.39, 0.29) is 36.6 Å². The molecule has 2 saturated heterocycles. The Kier molecular flexibility index (Phi) is 6.68. The van der Waals surface area contributed by atoms with Gasteiger partial charge in [0, 0.05) is 69.5 Å². The minimum absolute atomic E-state index is 0.00305. The molecule has 9 heteroatoms. The van der Waals surface area contributed by atoms with Gasteiger partial charge in [-0.25, -0.2) is 4.98 Å². The van der Waals surface area contributed by atoms with E-state index >= 15 is 0 Å². The molecule has 0 radical (unpaired) electrons. The SMILES string of the molecule is Cn1ccnc1CN1CCN(C(=O)C[C@]2(c3ccccc3Cl)CC(=O)N(C3CCCC3)C2=O)CC1. The fourth-order valence-corrected chi connectivity index (χ4v) is 6.18. The molecule has 2 aliphatic heterocycles. The molecule has 1 saturated carbocycles. The van der Waals surface area contributed by atoms with Gasteiger partial charge in [-0.3, -0.25) is 24.2 Å². The summed E-state index contributed by atoms with van der Waals surface area (Å²) in [6.45, 7) is 3.36. The van der Waals surface area contributed by atoms with Gasteiger partial charge in [0.25, 0.3) is 0 Å². The van der Waals surface area contributed by atoms with Crippen molar-refractivity contribution < 1.29 is 14.4 Å². The third kappa shape index (κ3) is 4.49. The average Bonchev–Trinajstić information content (AvgIpc) is 3.56. The first kappa shape index (κ1) is 24.0. The van der Waals surface area contributed by atoms with Crippen molar-refractivity contribution in [3.8, 4) is 0 Å². The first-order chi connectivity index (χ1) is 16.9. The summed E-state index contributed by atoms with van der Waals surface area (Å²) in [5, 5.41) is 0.426. The van der Waals surface area contributed by atoms with Gasteiger partial charge in [-0.2, -0.15) is 0 Å². The molecule has 0 bridgehead atoms. The van der Waals surface area contributed by atoms with Crippen LogP contribution in [0.3, 0.4) is 0 Å².